The van der Waals surface area contributed by atoms with Crippen molar-refractivity contribution in [1.29, 1.82) is 0 Å². The number of rotatable bonds is 2. The number of nitrogens with zero attached hydrogens (tertiary/aromatic N) is 1. The van der Waals surface area contributed by atoms with Crippen molar-refractivity contribution in [3.63, 3.8) is 0 Å². The van der Waals surface area contributed by atoms with Crippen molar-refractivity contribution in [3.8, 4) is 0 Å². The first-order chi connectivity index (χ1) is 7.16. The number of pyridine rings is 1. The van der Waals surface area contributed by atoms with Crippen molar-refractivity contribution in [2.75, 3.05) is 0 Å². The van der Waals surface area contributed by atoms with Crippen molar-refractivity contribution in [2.24, 2.45) is 5.73 Å². The molecule has 16 heavy (non-hydrogen) atoms. The fourth-order valence-corrected chi connectivity index (χ4v) is 1.07. The van der Waals surface area contributed by atoms with E-state index in [1.165, 1.54) is 0 Å². The number of halogens is 6. The van der Waals surface area contributed by atoms with Crippen LogP contribution in [0.25, 0.3) is 0 Å². The predicted octanol–water partition coefficient (Wildman–Crippen LogP) is 2.93. The van der Waals surface area contributed by atoms with Crippen LogP contribution in [0.3, 0.4) is 0 Å². The average Bonchev–Trinajstić information content (AvgIpc) is 2.16. The molecule has 0 radical (unpaired) electrons. The van der Waals surface area contributed by atoms with Gasteiger partial charge in [-0.15, -0.1) is 0 Å². The fraction of sp³-hybridized carbons (Fsp3) is 0.375. The van der Waals surface area contributed by atoms with Crippen LogP contribution in [-0.4, -0.2) is 17.1 Å². The second kappa shape index (κ2) is 4.14. The predicted molar refractivity (Wildman–Crippen MR) is 47.2 cm³/mol. The molecule has 1 aromatic rings. The Morgan fingerprint density at radius 1 is 1.19 bits per heavy atom. The number of aromatic nitrogens is 1. The lowest BCUT2D eigenvalue weighted by atomic mass is 10.0. The van der Waals surface area contributed by atoms with E-state index in [1.807, 2.05) is 0 Å². The summed E-state index contributed by atoms with van der Waals surface area (Å²) in [5, 5.41) is -0.0220. The van der Waals surface area contributed by atoms with Gasteiger partial charge in [0.25, 0.3) is 0 Å². The summed E-state index contributed by atoms with van der Waals surface area (Å²) in [6, 6.07) is -0.444. The highest BCUT2D eigenvalue weighted by atomic mass is 35.5. The van der Waals surface area contributed by atoms with E-state index in [0.29, 0.717) is 0 Å². The fourth-order valence-electron chi connectivity index (χ4n) is 0.957. The van der Waals surface area contributed by atoms with E-state index in [2.05, 4.69) is 4.98 Å². The maximum absolute atomic E-state index is 12.8. The molecule has 0 aromatic carbocycles. The van der Waals surface area contributed by atoms with Gasteiger partial charge in [0.1, 0.15) is 11.2 Å². The lowest BCUT2D eigenvalue weighted by Gasteiger charge is -2.25. The molecule has 0 spiro atoms. The Morgan fingerprint density at radius 3 is 2.12 bits per heavy atom. The molecule has 0 unspecified atom stereocenters. The Kier molecular flexibility index (Phi) is 3.39. The van der Waals surface area contributed by atoms with Crippen LogP contribution in [0.4, 0.5) is 22.0 Å². The van der Waals surface area contributed by atoms with Crippen LogP contribution in [0.2, 0.25) is 5.15 Å². The second-order valence-electron chi connectivity index (χ2n) is 3.01. The van der Waals surface area contributed by atoms with E-state index >= 15 is 0 Å². The van der Waals surface area contributed by atoms with Gasteiger partial charge in [0.15, 0.2) is 0 Å². The number of alkyl halides is 5. The molecule has 2 N–H and O–H groups in total. The van der Waals surface area contributed by atoms with E-state index in [0.717, 1.165) is 18.3 Å². The molecular weight excluding hydrogens is 255 g/mol. The van der Waals surface area contributed by atoms with E-state index in [1.54, 1.807) is 0 Å². The lowest BCUT2D eigenvalue weighted by molar-refractivity contribution is -0.291. The Bertz CT molecular complexity index is 362. The van der Waals surface area contributed by atoms with Crippen molar-refractivity contribution in [3.05, 3.63) is 29.0 Å². The maximum atomic E-state index is 12.8. The van der Waals surface area contributed by atoms with Crippen molar-refractivity contribution >= 4 is 11.6 Å². The van der Waals surface area contributed by atoms with Gasteiger partial charge in [-0.2, -0.15) is 22.0 Å². The molecular formula is C8H6ClF5N2. The summed E-state index contributed by atoms with van der Waals surface area (Å²) in [6.45, 7) is 0. The molecule has 2 nitrogen and oxygen atoms in total. The number of hydrogen-bond donors (Lipinski definition) is 1. The highest BCUT2D eigenvalue weighted by molar-refractivity contribution is 6.29. The Labute approximate surface area is 92.2 Å². The largest absolute Gasteiger partial charge is 0.455 e. The third kappa shape index (κ3) is 2.41. The zero-order valence-electron chi connectivity index (χ0n) is 7.60. The van der Waals surface area contributed by atoms with Crippen LogP contribution >= 0.6 is 11.6 Å². The molecule has 1 heterocycles. The van der Waals surface area contributed by atoms with Gasteiger partial charge in [0.2, 0.25) is 0 Å². The van der Waals surface area contributed by atoms with Crippen LogP contribution in [0.1, 0.15) is 11.6 Å². The normalized spacial score (nSPS) is 14.9. The Balaban J connectivity index is 3.02. The van der Waals surface area contributed by atoms with Gasteiger partial charge in [-0.05, 0) is 11.6 Å². The summed E-state index contributed by atoms with van der Waals surface area (Å²) in [7, 11) is 0. The Morgan fingerprint density at radius 2 is 1.75 bits per heavy atom. The van der Waals surface area contributed by atoms with E-state index < -0.39 is 23.7 Å². The van der Waals surface area contributed by atoms with Crippen LogP contribution in [-0.2, 0) is 0 Å². The summed E-state index contributed by atoms with van der Waals surface area (Å²) in [5.41, 5.74) is 4.42. The molecule has 8 heteroatoms. The third-order valence-corrected chi connectivity index (χ3v) is 2.10. The summed E-state index contributed by atoms with van der Waals surface area (Å²) in [6.07, 6.45) is -4.92. The van der Waals surface area contributed by atoms with Crippen LogP contribution in [0, 0.1) is 0 Å². The molecule has 0 fully saturated rings. The average molecular weight is 261 g/mol. The number of hydrogen-bond acceptors (Lipinski definition) is 2. The minimum absolute atomic E-state index is 0.0220. The zero-order chi connectivity index (χ0) is 12.6. The van der Waals surface area contributed by atoms with Crippen molar-refractivity contribution < 1.29 is 22.0 Å². The smallest absolute Gasteiger partial charge is 0.319 e. The highest BCUT2D eigenvalue weighted by Gasteiger charge is 2.61. The minimum atomic E-state index is -5.70. The van der Waals surface area contributed by atoms with Gasteiger partial charge in [-0.1, -0.05) is 17.7 Å². The van der Waals surface area contributed by atoms with Gasteiger partial charge in [-0.3, -0.25) is 0 Å². The monoisotopic (exact) mass is 260 g/mol. The van der Waals surface area contributed by atoms with E-state index in [4.69, 9.17) is 17.3 Å². The summed E-state index contributed by atoms with van der Waals surface area (Å²) < 4.78 is 61.5. The SMILES string of the molecule is N[C@H](c1ccc(Cl)nc1)C(F)(F)C(F)(F)F. The third-order valence-electron chi connectivity index (χ3n) is 1.88. The lowest BCUT2D eigenvalue weighted by Crippen LogP contribution is -2.45. The second-order valence-corrected chi connectivity index (χ2v) is 3.40. The van der Waals surface area contributed by atoms with Gasteiger partial charge in [0.05, 0.1) is 0 Å². The van der Waals surface area contributed by atoms with Crippen LogP contribution < -0.4 is 5.73 Å². The van der Waals surface area contributed by atoms with Gasteiger partial charge < -0.3 is 5.73 Å². The minimum Gasteiger partial charge on any atom is -0.319 e. The maximum Gasteiger partial charge on any atom is 0.455 e. The highest BCUT2D eigenvalue weighted by Crippen LogP contribution is 2.43. The molecule has 1 rings (SSSR count). The standard InChI is InChI=1S/C8H6ClF5N2/c9-5-2-1-4(3-16-5)6(15)7(10,11)8(12,13)14/h1-3,6H,15H2/t6-/m1/s1. The molecule has 0 saturated carbocycles. The van der Waals surface area contributed by atoms with Gasteiger partial charge >= 0.3 is 12.1 Å². The van der Waals surface area contributed by atoms with Crippen molar-refractivity contribution in [2.45, 2.75) is 18.1 Å². The van der Waals surface area contributed by atoms with E-state index in [9.17, 15) is 22.0 Å². The molecule has 0 bridgehead atoms. The first-order valence-electron chi connectivity index (χ1n) is 3.98. The van der Waals surface area contributed by atoms with Gasteiger partial charge in [-0.25, -0.2) is 4.98 Å². The summed E-state index contributed by atoms with van der Waals surface area (Å²) in [4.78, 5) is 3.38. The Hall–Kier alpha value is -0.950. The molecule has 90 valence electrons. The molecule has 1 atom stereocenters. The quantitative estimate of drug-likeness (QED) is 0.656. The topological polar surface area (TPSA) is 38.9 Å². The van der Waals surface area contributed by atoms with E-state index in [-0.39, 0.29) is 5.15 Å². The first-order valence-corrected chi connectivity index (χ1v) is 4.35. The zero-order valence-corrected chi connectivity index (χ0v) is 8.36. The first kappa shape index (κ1) is 13.1. The number of nitrogens with two attached hydrogens (primary N) is 1. The molecule has 1 aromatic heterocycles. The van der Waals surface area contributed by atoms with Crippen LogP contribution in [0.5, 0.6) is 0 Å². The molecule has 0 amide bonds. The molecule has 0 saturated heterocycles. The summed E-state index contributed by atoms with van der Waals surface area (Å²) >= 11 is 5.36. The molecule has 0 aliphatic rings. The van der Waals surface area contributed by atoms with Gasteiger partial charge in [0, 0.05) is 6.20 Å². The summed E-state index contributed by atoms with van der Waals surface area (Å²) in [5.74, 6) is -5.01. The molecule has 0 aliphatic heterocycles. The van der Waals surface area contributed by atoms with Crippen molar-refractivity contribution in [1.82, 2.24) is 4.98 Å². The molecule has 0 aliphatic carbocycles. The van der Waals surface area contributed by atoms with Crippen LogP contribution in [0.15, 0.2) is 18.3 Å².